The second-order valence-corrected chi connectivity index (χ2v) is 10.5. The van der Waals surface area contributed by atoms with Gasteiger partial charge >= 0.3 is 0 Å². The van der Waals surface area contributed by atoms with Crippen LogP contribution in [0.15, 0.2) is 58.2 Å². The number of nitrogens with zero attached hydrogens (tertiary/aromatic N) is 3. The summed E-state index contributed by atoms with van der Waals surface area (Å²) >= 11 is 0. The van der Waals surface area contributed by atoms with Gasteiger partial charge in [0.05, 0.1) is 23.4 Å². The first-order valence-corrected chi connectivity index (χ1v) is 13.0. The van der Waals surface area contributed by atoms with Crippen LogP contribution in [0.2, 0.25) is 0 Å². The van der Waals surface area contributed by atoms with Crippen molar-refractivity contribution in [1.29, 1.82) is 0 Å². The molecule has 0 radical (unpaired) electrons. The maximum atomic E-state index is 13.0. The summed E-state index contributed by atoms with van der Waals surface area (Å²) in [5.41, 5.74) is 1.85. The molecule has 0 unspecified atom stereocenters. The van der Waals surface area contributed by atoms with Gasteiger partial charge in [0.2, 0.25) is 15.9 Å². The van der Waals surface area contributed by atoms with Crippen LogP contribution < -0.4 is 15.6 Å². The highest BCUT2D eigenvalue weighted by molar-refractivity contribution is 7.89. The molecule has 0 aliphatic carbocycles. The number of hydrogen-bond donors (Lipinski definition) is 1. The number of anilines is 1. The van der Waals surface area contributed by atoms with Crippen LogP contribution in [-0.4, -0.2) is 48.2 Å². The zero-order valence-electron chi connectivity index (χ0n) is 20.2. The van der Waals surface area contributed by atoms with E-state index in [1.54, 1.807) is 30.8 Å². The van der Waals surface area contributed by atoms with Gasteiger partial charge in [-0.1, -0.05) is 18.2 Å². The Balaban J connectivity index is 1.52. The van der Waals surface area contributed by atoms with E-state index in [9.17, 15) is 18.0 Å². The number of rotatable bonds is 8. The maximum Gasteiger partial charge on any atom is 0.295 e. The minimum absolute atomic E-state index is 0.0582. The summed E-state index contributed by atoms with van der Waals surface area (Å²) in [5.74, 6) is 0.173. The van der Waals surface area contributed by atoms with Crippen LogP contribution >= 0.6 is 0 Å². The molecule has 1 aliphatic heterocycles. The minimum Gasteiger partial charge on any atom is -0.496 e. The highest BCUT2D eigenvalue weighted by Crippen LogP contribution is 2.27. The Morgan fingerprint density at radius 1 is 1.09 bits per heavy atom. The number of sulfonamides is 1. The highest BCUT2D eigenvalue weighted by Gasteiger charge is 2.28. The summed E-state index contributed by atoms with van der Waals surface area (Å²) in [7, 11) is -0.315. The Morgan fingerprint density at radius 2 is 1.77 bits per heavy atom. The first-order valence-electron chi connectivity index (χ1n) is 11.5. The standard InChI is InChI=1S/C25H30N4O5S/c1-18-24(25(31)29(27(18)2)20-9-5-4-6-10-20)26-23(30)14-11-19-17-21(12-13-22(19)34-3)35(32,33)28-15-7-8-16-28/h4-6,9-10,12-13,17H,7-8,11,14-16H2,1-3H3,(H,26,30). The normalized spacial score (nSPS) is 14.3. The van der Waals surface area contributed by atoms with Gasteiger partial charge in [-0.15, -0.1) is 0 Å². The summed E-state index contributed by atoms with van der Waals surface area (Å²) < 4.78 is 36.0. The third-order valence-corrected chi connectivity index (χ3v) is 8.29. The van der Waals surface area contributed by atoms with Gasteiger partial charge in [0, 0.05) is 26.6 Å². The zero-order chi connectivity index (χ0) is 25.2. The molecule has 10 heteroatoms. The third-order valence-electron chi connectivity index (χ3n) is 6.39. The van der Waals surface area contributed by atoms with Crippen molar-refractivity contribution >= 4 is 21.6 Å². The van der Waals surface area contributed by atoms with Gasteiger partial charge < -0.3 is 10.1 Å². The molecule has 1 saturated heterocycles. The van der Waals surface area contributed by atoms with Crippen molar-refractivity contribution in [3.8, 4) is 11.4 Å². The van der Waals surface area contributed by atoms with Crippen molar-refractivity contribution in [1.82, 2.24) is 13.7 Å². The van der Waals surface area contributed by atoms with E-state index in [1.807, 2.05) is 30.3 Å². The predicted octanol–water partition coefficient (Wildman–Crippen LogP) is 2.85. The number of carbonyl (C=O) groups is 1. The summed E-state index contributed by atoms with van der Waals surface area (Å²) in [4.78, 5) is 26.0. The van der Waals surface area contributed by atoms with Crippen molar-refractivity contribution < 1.29 is 17.9 Å². The average molecular weight is 499 g/mol. The average Bonchev–Trinajstić information content (AvgIpc) is 3.48. The third kappa shape index (κ3) is 4.89. The quantitative estimate of drug-likeness (QED) is 0.515. The molecule has 1 N–H and O–H groups in total. The van der Waals surface area contributed by atoms with Crippen LogP contribution in [-0.2, 0) is 28.3 Å². The topological polar surface area (TPSA) is 103 Å². The van der Waals surface area contributed by atoms with Gasteiger partial charge in [0.15, 0.2) is 0 Å². The molecule has 0 bridgehead atoms. The lowest BCUT2D eigenvalue weighted by molar-refractivity contribution is -0.116. The summed E-state index contributed by atoms with van der Waals surface area (Å²) in [6, 6.07) is 13.9. The first kappa shape index (κ1) is 24.7. The van der Waals surface area contributed by atoms with Gasteiger partial charge in [-0.25, -0.2) is 13.1 Å². The number of ether oxygens (including phenoxy) is 1. The molecular weight excluding hydrogens is 468 g/mol. The number of amides is 1. The molecular formula is C25H30N4O5S. The Labute approximate surface area is 205 Å². The van der Waals surface area contributed by atoms with Gasteiger partial charge in [0.1, 0.15) is 11.4 Å². The molecule has 186 valence electrons. The van der Waals surface area contributed by atoms with E-state index in [1.165, 1.54) is 22.2 Å². The zero-order valence-corrected chi connectivity index (χ0v) is 21.0. The fourth-order valence-corrected chi connectivity index (χ4v) is 5.92. The maximum absolute atomic E-state index is 13.0. The molecule has 3 aromatic rings. The van der Waals surface area contributed by atoms with Crippen molar-refractivity contribution in [3.05, 3.63) is 70.1 Å². The van der Waals surface area contributed by atoms with Gasteiger partial charge in [-0.3, -0.25) is 14.3 Å². The molecule has 0 atom stereocenters. The van der Waals surface area contributed by atoms with Crippen LogP contribution in [0, 0.1) is 6.92 Å². The lowest BCUT2D eigenvalue weighted by Gasteiger charge is -2.17. The molecule has 35 heavy (non-hydrogen) atoms. The lowest BCUT2D eigenvalue weighted by Crippen LogP contribution is -2.28. The number of methoxy groups -OCH3 is 1. The fourth-order valence-electron chi connectivity index (χ4n) is 4.35. The number of carbonyl (C=O) groups excluding carboxylic acids is 1. The first-order chi connectivity index (χ1) is 16.7. The Hall–Kier alpha value is -3.37. The van der Waals surface area contributed by atoms with E-state index in [2.05, 4.69) is 5.32 Å². The second-order valence-electron chi connectivity index (χ2n) is 8.57. The van der Waals surface area contributed by atoms with Gasteiger partial charge in [-0.2, -0.15) is 4.31 Å². The lowest BCUT2D eigenvalue weighted by atomic mass is 10.1. The predicted molar refractivity (Wildman–Crippen MR) is 134 cm³/mol. The van der Waals surface area contributed by atoms with E-state index >= 15 is 0 Å². The van der Waals surface area contributed by atoms with Crippen molar-refractivity contribution in [2.24, 2.45) is 7.05 Å². The summed E-state index contributed by atoms with van der Waals surface area (Å²) in [6.45, 7) is 2.80. The Kier molecular flexibility index (Phi) is 7.13. The van der Waals surface area contributed by atoms with Crippen LogP contribution in [0.4, 0.5) is 5.69 Å². The summed E-state index contributed by atoms with van der Waals surface area (Å²) in [6.07, 6.45) is 2.03. The van der Waals surface area contributed by atoms with Crippen LogP contribution in [0.1, 0.15) is 30.5 Å². The van der Waals surface area contributed by atoms with E-state index in [4.69, 9.17) is 4.74 Å². The molecule has 1 amide bonds. The van der Waals surface area contributed by atoms with E-state index < -0.39 is 10.0 Å². The van der Waals surface area contributed by atoms with Crippen LogP contribution in [0.3, 0.4) is 0 Å². The summed E-state index contributed by atoms with van der Waals surface area (Å²) in [5, 5.41) is 2.75. The van der Waals surface area contributed by atoms with Crippen LogP contribution in [0.5, 0.6) is 5.75 Å². The minimum atomic E-state index is -3.58. The molecule has 1 fully saturated rings. The van der Waals surface area contributed by atoms with E-state index in [0.29, 0.717) is 35.8 Å². The van der Waals surface area contributed by atoms with Crippen molar-refractivity contribution in [2.75, 3.05) is 25.5 Å². The number of hydrogen-bond acceptors (Lipinski definition) is 5. The number of aromatic nitrogens is 2. The van der Waals surface area contributed by atoms with E-state index in [0.717, 1.165) is 12.8 Å². The molecule has 1 aliphatic rings. The van der Waals surface area contributed by atoms with E-state index in [-0.39, 0.29) is 34.9 Å². The second kappa shape index (κ2) is 10.1. The highest BCUT2D eigenvalue weighted by atomic mass is 32.2. The SMILES string of the molecule is COc1ccc(S(=O)(=O)N2CCCC2)cc1CCC(=O)Nc1c(C)n(C)n(-c2ccccc2)c1=O. The number of aryl methyl sites for hydroxylation is 1. The molecule has 2 aromatic carbocycles. The smallest absolute Gasteiger partial charge is 0.295 e. The van der Waals surface area contributed by atoms with Gasteiger partial charge in [0.25, 0.3) is 5.56 Å². The fraction of sp³-hybridized carbons (Fsp3) is 0.360. The Bertz CT molecular complexity index is 1390. The molecule has 2 heterocycles. The molecule has 1 aromatic heterocycles. The van der Waals surface area contributed by atoms with Gasteiger partial charge in [-0.05, 0) is 62.1 Å². The number of benzene rings is 2. The van der Waals surface area contributed by atoms with Crippen LogP contribution in [0.25, 0.3) is 5.69 Å². The monoisotopic (exact) mass is 498 g/mol. The van der Waals surface area contributed by atoms with Crippen molar-refractivity contribution in [2.45, 2.75) is 37.5 Å². The number of nitrogens with one attached hydrogen (secondary N) is 1. The molecule has 0 spiro atoms. The largest absolute Gasteiger partial charge is 0.496 e. The molecule has 0 saturated carbocycles. The number of para-hydroxylation sites is 1. The molecule has 9 nitrogen and oxygen atoms in total. The Morgan fingerprint density at radius 3 is 2.43 bits per heavy atom. The van der Waals surface area contributed by atoms with Crippen molar-refractivity contribution in [3.63, 3.8) is 0 Å². The molecule has 4 rings (SSSR count).